The van der Waals surface area contributed by atoms with Crippen LogP contribution < -0.4 is 5.32 Å². The van der Waals surface area contributed by atoms with Crippen LogP contribution in [0.4, 0.5) is 5.82 Å². The maximum Gasteiger partial charge on any atom is 0.268 e. The van der Waals surface area contributed by atoms with Crippen LogP contribution in [0.15, 0.2) is 42.6 Å². The van der Waals surface area contributed by atoms with Gasteiger partial charge in [-0.2, -0.15) is 0 Å². The van der Waals surface area contributed by atoms with Crippen molar-refractivity contribution < 1.29 is 4.79 Å². The van der Waals surface area contributed by atoms with Gasteiger partial charge in [-0.3, -0.25) is 4.79 Å². The second kappa shape index (κ2) is 6.48. The van der Waals surface area contributed by atoms with Gasteiger partial charge in [0.05, 0.1) is 5.69 Å². The predicted molar refractivity (Wildman–Crippen MR) is 94.2 cm³/mol. The minimum absolute atomic E-state index is 0.193. The highest BCUT2D eigenvalue weighted by Gasteiger charge is 2.17. The van der Waals surface area contributed by atoms with Crippen molar-refractivity contribution in [1.82, 2.24) is 9.97 Å². The van der Waals surface area contributed by atoms with Crippen molar-refractivity contribution in [3.05, 3.63) is 63.8 Å². The van der Waals surface area contributed by atoms with Crippen LogP contribution in [0.2, 0.25) is 5.02 Å². The number of anilines is 1. The van der Waals surface area contributed by atoms with E-state index in [4.69, 9.17) is 11.6 Å². The van der Waals surface area contributed by atoms with E-state index in [2.05, 4.69) is 15.3 Å². The van der Waals surface area contributed by atoms with Crippen molar-refractivity contribution in [2.45, 2.75) is 13.8 Å². The zero-order valence-corrected chi connectivity index (χ0v) is 14.2. The fourth-order valence-corrected chi connectivity index (χ4v) is 3.20. The highest BCUT2D eigenvalue weighted by molar-refractivity contribution is 7.17. The Morgan fingerprint density at radius 2 is 1.91 bits per heavy atom. The second-order valence-corrected chi connectivity index (χ2v) is 6.50. The largest absolute Gasteiger partial charge is 0.306 e. The Balaban J connectivity index is 1.87. The molecule has 0 fully saturated rings. The monoisotopic (exact) mass is 343 g/mol. The van der Waals surface area contributed by atoms with E-state index in [0.29, 0.717) is 21.4 Å². The Bertz CT molecular complexity index is 859. The van der Waals surface area contributed by atoms with Gasteiger partial charge in [0.2, 0.25) is 0 Å². The molecule has 0 atom stereocenters. The first-order valence-electron chi connectivity index (χ1n) is 7.01. The van der Waals surface area contributed by atoms with Crippen LogP contribution in [0.1, 0.15) is 20.9 Å². The van der Waals surface area contributed by atoms with Crippen LogP contribution in [0.5, 0.6) is 0 Å². The molecule has 2 aromatic heterocycles. The molecule has 3 aromatic rings. The highest BCUT2D eigenvalue weighted by atomic mass is 35.5. The molecule has 1 amide bonds. The molecular formula is C17H14ClN3OS. The smallest absolute Gasteiger partial charge is 0.268 e. The van der Waals surface area contributed by atoms with E-state index in [9.17, 15) is 4.79 Å². The molecule has 0 aliphatic rings. The average Bonchev–Trinajstić information content (AvgIpc) is 2.92. The first-order chi connectivity index (χ1) is 11.0. The summed E-state index contributed by atoms with van der Waals surface area (Å²) in [6, 6.07) is 11.1. The van der Waals surface area contributed by atoms with Crippen molar-refractivity contribution in [2.75, 3.05) is 5.32 Å². The summed E-state index contributed by atoms with van der Waals surface area (Å²) in [6.45, 7) is 3.73. The topological polar surface area (TPSA) is 54.9 Å². The molecule has 116 valence electrons. The molecule has 6 heteroatoms. The summed E-state index contributed by atoms with van der Waals surface area (Å²) < 4.78 is 0. The molecule has 1 aromatic carbocycles. The summed E-state index contributed by atoms with van der Waals surface area (Å²) in [5.74, 6) is 0.375. The van der Waals surface area contributed by atoms with Gasteiger partial charge in [0, 0.05) is 16.8 Å². The number of hydrogen-bond donors (Lipinski definition) is 1. The molecule has 2 heterocycles. The Morgan fingerprint density at radius 3 is 2.61 bits per heavy atom. The van der Waals surface area contributed by atoms with E-state index in [0.717, 1.165) is 16.1 Å². The number of hydrogen-bond acceptors (Lipinski definition) is 4. The van der Waals surface area contributed by atoms with Crippen molar-refractivity contribution in [2.24, 2.45) is 0 Å². The summed E-state index contributed by atoms with van der Waals surface area (Å²) in [5, 5.41) is 4.31. The van der Waals surface area contributed by atoms with Crippen LogP contribution in [0, 0.1) is 13.8 Å². The van der Waals surface area contributed by atoms with Gasteiger partial charge in [-0.1, -0.05) is 29.8 Å². The van der Waals surface area contributed by atoms with Crippen molar-refractivity contribution in [3.8, 4) is 10.6 Å². The first kappa shape index (κ1) is 15.6. The summed E-state index contributed by atoms with van der Waals surface area (Å²) in [7, 11) is 0. The number of rotatable bonds is 3. The number of pyridine rings is 1. The van der Waals surface area contributed by atoms with Crippen LogP contribution in [0.3, 0.4) is 0 Å². The van der Waals surface area contributed by atoms with E-state index < -0.39 is 0 Å². The normalized spacial score (nSPS) is 10.6. The SMILES string of the molecule is Cc1cccnc1NC(=O)c1sc(-c2ccc(Cl)cc2)nc1C. The third-order valence-electron chi connectivity index (χ3n) is 3.34. The lowest BCUT2D eigenvalue weighted by molar-refractivity contribution is 0.102. The minimum Gasteiger partial charge on any atom is -0.306 e. The third kappa shape index (κ3) is 3.41. The maximum atomic E-state index is 12.5. The quantitative estimate of drug-likeness (QED) is 0.748. The molecule has 3 rings (SSSR count). The minimum atomic E-state index is -0.193. The van der Waals surface area contributed by atoms with Crippen molar-refractivity contribution >= 4 is 34.7 Å². The van der Waals surface area contributed by atoms with Gasteiger partial charge < -0.3 is 5.32 Å². The lowest BCUT2D eigenvalue weighted by atomic mass is 10.2. The predicted octanol–water partition coefficient (Wildman–Crippen LogP) is 4.73. The second-order valence-electron chi connectivity index (χ2n) is 5.06. The van der Waals surface area contributed by atoms with Crippen molar-refractivity contribution in [3.63, 3.8) is 0 Å². The number of carbonyl (C=O) groups is 1. The molecule has 23 heavy (non-hydrogen) atoms. The zero-order chi connectivity index (χ0) is 16.4. The van der Waals surface area contributed by atoms with Gasteiger partial charge in [0.1, 0.15) is 15.7 Å². The van der Waals surface area contributed by atoms with Crippen LogP contribution in [-0.2, 0) is 0 Å². The molecule has 1 N–H and O–H groups in total. The molecule has 0 saturated heterocycles. The standard InChI is InChI=1S/C17H14ClN3OS/c1-10-4-3-9-19-15(10)21-16(22)14-11(2)20-17(23-14)12-5-7-13(18)8-6-12/h3-9H,1-2H3,(H,19,21,22). The molecule has 0 bridgehead atoms. The molecule has 0 unspecified atom stereocenters. The first-order valence-corrected chi connectivity index (χ1v) is 8.20. The van der Waals surface area contributed by atoms with E-state index in [1.54, 1.807) is 6.20 Å². The molecule has 0 aliphatic carbocycles. The Labute approximate surface area is 143 Å². The van der Waals surface area contributed by atoms with Gasteiger partial charge in [0.25, 0.3) is 5.91 Å². The van der Waals surface area contributed by atoms with E-state index >= 15 is 0 Å². The van der Waals surface area contributed by atoms with Gasteiger partial charge in [-0.25, -0.2) is 9.97 Å². The average molecular weight is 344 g/mol. The summed E-state index contributed by atoms with van der Waals surface area (Å²) in [6.07, 6.45) is 1.65. The summed E-state index contributed by atoms with van der Waals surface area (Å²) >= 11 is 7.26. The molecule has 0 saturated carbocycles. The summed E-state index contributed by atoms with van der Waals surface area (Å²) in [5.41, 5.74) is 2.56. The lowest BCUT2D eigenvalue weighted by Gasteiger charge is -2.05. The third-order valence-corrected chi connectivity index (χ3v) is 4.79. The lowest BCUT2D eigenvalue weighted by Crippen LogP contribution is -2.13. The molecule has 0 spiro atoms. The van der Waals surface area contributed by atoms with Crippen LogP contribution in [-0.4, -0.2) is 15.9 Å². The van der Waals surface area contributed by atoms with E-state index in [1.165, 1.54) is 11.3 Å². The number of carbonyl (C=O) groups excluding carboxylic acids is 1. The number of amides is 1. The number of thiazole rings is 1. The number of nitrogens with zero attached hydrogens (tertiary/aromatic N) is 2. The van der Waals surface area contributed by atoms with Crippen LogP contribution >= 0.6 is 22.9 Å². The number of aryl methyl sites for hydroxylation is 2. The molecule has 0 aliphatic heterocycles. The maximum absolute atomic E-state index is 12.5. The number of aromatic nitrogens is 2. The highest BCUT2D eigenvalue weighted by Crippen LogP contribution is 2.29. The Hall–Kier alpha value is -2.24. The molecule has 0 radical (unpaired) electrons. The summed E-state index contributed by atoms with van der Waals surface area (Å²) in [4.78, 5) is 21.7. The molecule has 4 nitrogen and oxygen atoms in total. The Morgan fingerprint density at radius 1 is 1.17 bits per heavy atom. The van der Waals surface area contributed by atoms with Gasteiger partial charge in [-0.05, 0) is 37.6 Å². The van der Waals surface area contributed by atoms with E-state index in [1.807, 2.05) is 50.2 Å². The number of halogens is 1. The number of benzene rings is 1. The van der Waals surface area contributed by atoms with E-state index in [-0.39, 0.29) is 5.91 Å². The van der Waals surface area contributed by atoms with Gasteiger partial charge in [-0.15, -0.1) is 11.3 Å². The Kier molecular flexibility index (Phi) is 4.41. The fraction of sp³-hybridized carbons (Fsp3) is 0.118. The number of nitrogens with one attached hydrogen (secondary N) is 1. The van der Waals surface area contributed by atoms with Crippen molar-refractivity contribution in [1.29, 1.82) is 0 Å². The zero-order valence-electron chi connectivity index (χ0n) is 12.6. The molecular weight excluding hydrogens is 330 g/mol. The fourth-order valence-electron chi connectivity index (χ4n) is 2.10. The van der Waals surface area contributed by atoms with Gasteiger partial charge >= 0.3 is 0 Å². The van der Waals surface area contributed by atoms with Crippen LogP contribution in [0.25, 0.3) is 10.6 Å². The van der Waals surface area contributed by atoms with Gasteiger partial charge in [0.15, 0.2) is 0 Å².